The molecule has 2 amide bonds. The highest BCUT2D eigenvalue weighted by Gasteiger charge is 2.26. The van der Waals surface area contributed by atoms with Crippen molar-refractivity contribution in [3.63, 3.8) is 0 Å². The summed E-state index contributed by atoms with van der Waals surface area (Å²) in [6.07, 6.45) is 0.478. The molecule has 25 heavy (non-hydrogen) atoms. The maximum absolute atomic E-state index is 12.4. The molecule has 2 rings (SSSR count). The first-order valence-corrected chi connectivity index (χ1v) is 8.87. The molecule has 1 aromatic carbocycles. The lowest BCUT2D eigenvalue weighted by Gasteiger charge is -2.20. The van der Waals surface area contributed by atoms with Crippen LogP contribution in [-0.4, -0.2) is 54.7 Å². The first-order valence-electron chi connectivity index (χ1n) is 8.50. The number of nitrogens with one attached hydrogen (secondary N) is 2. The van der Waals surface area contributed by atoms with Crippen molar-refractivity contribution in [2.24, 2.45) is 0 Å². The zero-order chi connectivity index (χ0) is 18.4. The Bertz CT molecular complexity index is 599. The average molecular weight is 368 g/mol. The molecule has 0 unspecified atom stereocenters. The Morgan fingerprint density at radius 2 is 1.92 bits per heavy atom. The standard InChI is InChI=1S/C18H26ClN3O3/c1-18(2,3)25-17(24)21-10-9-20-15-8-11-22(12-15)16(23)13-4-6-14(19)7-5-13/h4-7,15,20H,8-12H2,1-3H3,(H,21,24)/t15-/m0/s1. The van der Waals surface area contributed by atoms with Gasteiger partial charge in [-0.15, -0.1) is 0 Å². The lowest BCUT2D eigenvalue weighted by atomic mass is 10.2. The van der Waals surface area contributed by atoms with Gasteiger partial charge in [-0.3, -0.25) is 4.79 Å². The van der Waals surface area contributed by atoms with Crippen molar-refractivity contribution in [3.8, 4) is 0 Å². The van der Waals surface area contributed by atoms with E-state index in [2.05, 4.69) is 10.6 Å². The summed E-state index contributed by atoms with van der Waals surface area (Å²) in [4.78, 5) is 25.8. The fourth-order valence-electron chi connectivity index (χ4n) is 2.64. The lowest BCUT2D eigenvalue weighted by molar-refractivity contribution is 0.0528. The fraction of sp³-hybridized carbons (Fsp3) is 0.556. The van der Waals surface area contributed by atoms with Crippen LogP contribution in [0.2, 0.25) is 5.02 Å². The number of alkyl carbamates (subject to hydrolysis) is 1. The van der Waals surface area contributed by atoms with E-state index in [1.54, 1.807) is 24.3 Å². The van der Waals surface area contributed by atoms with Crippen LogP contribution >= 0.6 is 11.6 Å². The van der Waals surface area contributed by atoms with Crippen molar-refractivity contribution in [2.45, 2.75) is 38.8 Å². The summed E-state index contributed by atoms with van der Waals surface area (Å²) < 4.78 is 5.18. The second kappa shape index (κ2) is 8.54. The summed E-state index contributed by atoms with van der Waals surface area (Å²) in [5.74, 6) is 0.0212. The quantitative estimate of drug-likeness (QED) is 0.785. The minimum Gasteiger partial charge on any atom is -0.444 e. The van der Waals surface area contributed by atoms with Crippen LogP contribution in [-0.2, 0) is 4.74 Å². The molecule has 1 saturated heterocycles. The predicted octanol–water partition coefficient (Wildman–Crippen LogP) is 2.67. The second-order valence-electron chi connectivity index (χ2n) is 7.13. The normalized spacial score (nSPS) is 17.4. The fourth-order valence-corrected chi connectivity index (χ4v) is 2.77. The summed E-state index contributed by atoms with van der Waals surface area (Å²) in [6, 6.07) is 7.18. The molecule has 0 aromatic heterocycles. The molecule has 0 bridgehead atoms. The van der Waals surface area contributed by atoms with E-state index in [1.807, 2.05) is 25.7 Å². The number of rotatable bonds is 5. The molecule has 138 valence electrons. The minimum atomic E-state index is -0.495. The third kappa shape index (κ3) is 6.55. The molecule has 2 N–H and O–H groups in total. The van der Waals surface area contributed by atoms with Gasteiger partial charge in [0.15, 0.2) is 0 Å². The van der Waals surface area contributed by atoms with Gasteiger partial charge in [0.1, 0.15) is 5.60 Å². The van der Waals surface area contributed by atoms with Crippen LogP contribution in [0.15, 0.2) is 24.3 Å². The Balaban J connectivity index is 1.68. The van der Waals surface area contributed by atoms with Gasteiger partial charge in [0.25, 0.3) is 5.91 Å². The van der Waals surface area contributed by atoms with E-state index in [9.17, 15) is 9.59 Å². The lowest BCUT2D eigenvalue weighted by Crippen LogP contribution is -2.40. The number of hydrogen-bond acceptors (Lipinski definition) is 4. The van der Waals surface area contributed by atoms with Gasteiger partial charge < -0.3 is 20.3 Å². The third-order valence-corrected chi connectivity index (χ3v) is 4.04. The number of benzene rings is 1. The topological polar surface area (TPSA) is 70.7 Å². The van der Waals surface area contributed by atoms with Gasteiger partial charge in [0.05, 0.1) is 0 Å². The van der Waals surface area contributed by atoms with Gasteiger partial charge in [-0.05, 0) is 51.5 Å². The maximum Gasteiger partial charge on any atom is 0.407 e. The zero-order valence-electron chi connectivity index (χ0n) is 15.0. The number of ether oxygens (including phenoxy) is 1. The van der Waals surface area contributed by atoms with Crippen molar-refractivity contribution >= 4 is 23.6 Å². The maximum atomic E-state index is 12.4. The summed E-state index contributed by atoms with van der Waals surface area (Å²) in [5, 5.41) is 6.69. The third-order valence-electron chi connectivity index (χ3n) is 3.79. The van der Waals surface area contributed by atoms with Gasteiger partial charge in [-0.2, -0.15) is 0 Å². The molecule has 6 nitrogen and oxygen atoms in total. The van der Waals surface area contributed by atoms with Gasteiger partial charge >= 0.3 is 6.09 Å². The largest absolute Gasteiger partial charge is 0.444 e. The van der Waals surface area contributed by atoms with Gasteiger partial charge in [0, 0.05) is 42.8 Å². The Hall–Kier alpha value is -1.79. The van der Waals surface area contributed by atoms with Crippen molar-refractivity contribution in [1.82, 2.24) is 15.5 Å². The second-order valence-corrected chi connectivity index (χ2v) is 7.56. The first-order chi connectivity index (χ1) is 11.7. The van der Waals surface area contributed by atoms with E-state index < -0.39 is 11.7 Å². The Kier molecular flexibility index (Phi) is 6.67. The average Bonchev–Trinajstić information content (AvgIpc) is 2.99. The van der Waals surface area contributed by atoms with Crippen LogP contribution < -0.4 is 10.6 Å². The van der Waals surface area contributed by atoms with E-state index in [4.69, 9.17) is 16.3 Å². The highest BCUT2D eigenvalue weighted by atomic mass is 35.5. The SMILES string of the molecule is CC(C)(C)OC(=O)NCCN[C@H]1CCN(C(=O)c2ccc(Cl)cc2)C1. The van der Waals surface area contributed by atoms with Crippen LogP contribution in [0.5, 0.6) is 0 Å². The molecule has 1 aliphatic rings. The first kappa shape index (κ1) is 19.5. The van der Waals surface area contributed by atoms with E-state index in [0.717, 1.165) is 13.0 Å². The number of carbonyl (C=O) groups excluding carboxylic acids is 2. The number of amides is 2. The molecular weight excluding hydrogens is 342 g/mol. The predicted molar refractivity (Wildman–Crippen MR) is 98.0 cm³/mol. The molecule has 0 aliphatic carbocycles. The molecule has 1 aromatic rings. The van der Waals surface area contributed by atoms with Crippen LogP contribution in [0.1, 0.15) is 37.6 Å². The summed E-state index contributed by atoms with van der Waals surface area (Å²) >= 11 is 5.85. The number of likely N-dealkylation sites (tertiary alicyclic amines) is 1. The zero-order valence-corrected chi connectivity index (χ0v) is 15.7. The van der Waals surface area contributed by atoms with Crippen LogP contribution in [0.25, 0.3) is 0 Å². The smallest absolute Gasteiger partial charge is 0.407 e. The molecule has 1 fully saturated rings. The molecule has 0 saturated carbocycles. The highest BCUT2D eigenvalue weighted by Crippen LogP contribution is 2.16. The Morgan fingerprint density at radius 3 is 2.56 bits per heavy atom. The molecule has 1 heterocycles. The molecule has 1 aliphatic heterocycles. The number of nitrogens with zero attached hydrogens (tertiary/aromatic N) is 1. The van der Waals surface area contributed by atoms with Gasteiger partial charge in [0.2, 0.25) is 0 Å². The molecule has 1 atom stereocenters. The summed E-state index contributed by atoms with van der Waals surface area (Å²) in [7, 11) is 0. The van der Waals surface area contributed by atoms with E-state index in [1.165, 1.54) is 0 Å². The number of carbonyl (C=O) groups is 2. The van der Waals surface area contributed by atoms with Crippen LogP contribution in [0.4, 0.5) is 4.79 Å². The van der Waals surface area contributed by atoms with Crippen molar-refractivity contribution in [1.29, 1.82) is 0 Å². The van der Waals surface area contributed by atoms with Gasteiger partial charge in [-0.1, -0.05) is 11.6 Å². The minimum absolute atomic E-state index is 0.0212. The van der Waals surface area contributed by atoms with Gasteiger partial charge in [-0.25, -0.2) is 4.79 Å². The molecule has 0 spiro atoms. The van der Waals surface area contributed by atoms with E-state index in [0.29, 0.717) is 30.2 Å². The molecule has 0 radical (unpaired) electrons. The van der Waals surface area contributed by atoms with Crippen LogP contribution in [0.3, 0.4) is 0 Å². The van der Waals surface area contributed by atoms with E-state index >= 15 is 0 Å². The monoisotopic (exact) mass is 367 g/mol. The Labute approximate surface area is 153 Å². The Morgan fingerprint density at radius 1 is 1.24 bits per heavy atom. The highest BCUT2D eigenvalue weighted by molar-refractivity contribution is 6.30. The summed E-state index contributed by atoms with van der Waals surface area (Å²) in [5.41, 5.74) is 0.155. The van der Waals surface area contributed by atoms with Crippen molar-refractivity contribution in [3.05, 3.63) is 34.9 Å². The summed E-state index contributed by atoms with van der Waals surface area (Å²) in [6.45, 7) is 7.98. The van der Waals surface area contributed by atoms with Crippen LogP contribution in [0, 0.1) is 0 Å². The number of halogens is 1. The molecular formula is C18H26ClN3O3. The van der Waals surface area contributed by atoms with E-state index in [-0.39, 0.29) is 11.9 Å². The molecule has 7 heteroatoms. The van der Waals surface area contributed by atoms with Crippen molar-refractivity contribution < 1.29 is 14.3 Å². The van der Waals surface area contributed by atoms with Crippen molar-refractivity contribution in [2.75, 3.05) is 26.2 Å². The number of hydrogen-bond donors (Lipinski definition) is 2.